The largest absolute Gasteiger partial charge is 0.372 e. The maximum absolute atomic E-state index is 12.0. The third-order valence-corrected chi connectivity index (χ3v) is 3.26. The number of carbonyl (C=O) groups excluding carboxylic acids is 1. The van der Waals surface area contributed by atoms with Crippen molar-refractivity contribution in [2.75, 3.05) is 7.05 Å². The number of aliphatic hydroxyl groups excluding tert-OH is 1. The van der Waals surface area contributed by atoms with Crippen molar-refractivity contribution in [3.8, 4) is 0 Å². The van der Waals surface area contributed by atoms with E-state index in [9.17, 15) is 9.90 Å². The van der Waals surface area contributed by atoms with E-state index in [4.69, 9.17) is 5.73 Å². The van der Waals surface area contributed by atoms with Gasteiger partial charge in [-0.15, -0.1) is 0 Å². The van der Waals surface area contributed by atoms with E-state index in [0.29, 0.717) is 12.3 Å². The highest BCUT2D eigenvalue weighted by atomic mass is 16.3. The van der Waals surface area contributed by atoms with Gasteiger partial charge in [0.2, 0.25) is 5.91 Å². The zero-order valence-electron chi connectivity index (χ0n) is 12.0. The fourth-order valence-electron chi connectivity index (χ4n) is 1.69. The van der Waals surface area contributed by atoms with Gasteiger partial charge in [0.05, 0.1) is 0 Å². The molecule has 3 atom stereocenters. The summed E-state index contributed by atoms with van der Waals surface area (Å²) in [4.78, 5) is 13.4. The Balaban J connectivity index is 4.48. The number of hydrogen-bond donors (Lipinski definition) is 2. The molecule has 0 rings (SSSR count). The second-order valence-electron chi connectivity index (χ2n) is 5.69. The molecule has 0 aromatic carbocycles. The van der Waals surface area contributed by atoms with Crippen LogP contribution in [0.1, 0.15) is 41.0 Å². The number of nitrogens with zero attached hydrogens (tertiary/aromatic N) is 1. The topological polar surface area (TPSA) is 66.6 Å². The predicted octanol–water partition coefficient (Wildman–Crippen LogP) is 1.43. The van der Waals surface area contributed by atoms with Gasteiger partial charge in [-0.3, -0.25) is 4.79 Å². The molecule has 0 spiro atoms. The number of aliphatic hydroxyl groups is 1. The van der Waals surface area contributed by atoms with Crippen molar-refractivity contribution in [2.24, 2.45) is 23.5 Å². The lowest BCUT2D eigenvalue weighted by molar-refractivity contribution is -0.145. The van der Waals surface area contributed by atoms with E-state index >= 15 is 0 Å². The summed E-state index contributed by atoms with van der Waals surface area (Å²) in [5, 5.41) is 10.0. The molecule has 0 aliphatic heterocycles. The maximum Gasteiger partial charge on any atom is 0.227 e. The summed E-state index contributed by atoms with van der Waals surface area (Å²) in [7, 11) is 1.62. The average Bonchev–Trinajstić information content (AvgIpc) is 2.23. The van der Waals surface area contributed by atoms with Gasteiger partial charge in [-0.1, -0.05) is 34.6 Å². The molecule has 1 amide bonds. The molecule has 2 unspecified atom stereocenters. The van der Waals surface area contributed by atoms with Gasteiger partial charge in [-0.25, -0.2) is 0 Å². The summed E-state index contributed by atoms with van der Waals surface area (Å²) in [6.45, 7) is 9.97. The Kier molecular flexibility index (Phi) is 6.72. The third-order valence-electron chi connectivity index (χ3n) is 3.26. The minimum atomic E-state index is -0.897. The normalized spacial score (nSPS) is 17.1. The SMILES string of the molecule is CC(C)CC(N)C(O)N(C)C(=O)[C@@H](C)C(C)C. The minimum absolute atomic E-state index is 0.0493. The summed E-state index contributed by atoms with van der Waals surface area (Å²) in [6.07, 6.45) is -0.194. The molecule has 4 heteroatoms. The van der Waals surface area contributed by atoms with Crippen LogP contribution in [0.15, 0.2) is 0 Å². The van der Waals surface area contributed by atoms with Crippen LogP contribution < -0.4 is 5.73 Å². The number of rotatable bonds is 6. The van der Waals surface area contributed by atoms with Gasteiger partial charge in [0.15, 0.2) is 0 Å². The Morgan fingerprint density at radius 2 is 1.71 bits per heavy atom. The van der Waals surface area contributed by atoms with Crippen molar-refractivity contribution in [1.82, 2.24) is 4.90 Å². The molecular weight excluding hydrogens is 216 g/mol. The molecule has 0 heterocycles. The molecule has 0 aromatic heterocycles. The summed E-state index contributed by atoms with van der Waals surface area (Å²) in [6, 6.07) is -0.386. The fraction of sp³-hybridized carbons (Fsp3) is 0.923. The van der Waals surface area contributed by atoms with E-state index < -0.39 is 6.23 Å². The minimum Gasteiger partial charge on any atom is -0.372 e. The molecule has 3 N–H and O–H groups in total. The Morgan fingerprint density at radius 1 is 1.24 bits per heavy atom. The van der Waals surface area contributed by atoms with E-state index in [0.717, 1.165) is 0 Å². The van der Waals surface area contributed by atoms with E-state index in [2.05, 4.69) is 0 Å². The van der Waals surface area contributed by atoms with Crippen LogP contribution in [0.3, 0.4) is 0 Å². The smallest absolute Gasteiger partial charge is 0.227 e. The third kappa shape index (κ3) is 5.04. The van der Waals surface area contributed by atoms with Gasteiger partial charge in [0, 0.05) is 19.0 Å². The highest BCUT2D eigenvalue weighted by Gasteiger charge is 2.28. The van der Waals surface area contributed by atoms with Crippen LogP contribution in [-0.4, -0.2) is 35.2 Å². The van der Waals surface area contributed by atoms with Crippen molar-refractivity contribution < 1.29 is 9.90 Å². The molecule has 0 aromatic rings. The Hall–Kier alpha value is -0.610. The number of hydrogen-bond acceptors (Lipinski definition) is 3. The summed E-state index contributed by atoms with van der Waals surface area (Å²) in [5.41, 5.74) is 5.89. The lowest BCUT2D eigenvalue weighted by Gasteiger charge is -2.32. The molecule has 0 saturated carbocycles. The van der Waals surface area contributed by atoms with Crippen molar-refractivity contribution in [2.45, 2.75) is 53.3 Å². The maximum atomic E-state index is 12.0. The number of carbonyl (C=O) groups is 1. The van der Waals surface area contributed by atoms with Crippen molar-refractivity contribution in [1.29, 1.82) is 0 Å². The molecule has 0 saturated heterocycles. The first-order valence-corrected chi connectivity index (χ1v) is 6.38. The van der Waals surface area contributed by atoms with Gasteiger partial charge in [0.25, 0.3) is 0 Å². The van der Waals surface area contributed by atoms with Crippen LogP contribution in [-0.2, 0) is 4.79 Å². The average molecular weight is 244 g/mol. The van der Waals surface area contributed by atoms with Crippen molar-refractivity contribution in [3.63, 3.8) is 0 Å². The summed E-state index contributed by atoms with van der Waals surface area (Å²) < 4.78 is 0. The summed E-state index contributed by atoms with van der Waals surface area (Å²) >= 11 is 0. The number of likely N-dealkylation sites (N-methyl/N-ethyl adjacent to an activating group) is 1. The molecule has 17 heavy (non-hydrogen) atoms. The van der Waals surface area contributed by atoms with Crippen LogP contribution in [0.4, 0.5) is 0 Å². The Labute approximate surface area is 105 Å². The molecule has 0 aliphatic carbocycles. The summed E-state index contributed by atoms with van der Waals surface area (Å²) in [5.74, 6) is 0.525. The van der Waals surface area contributed by atoms with Gasteiger partial charge < -0.3 is 15.7 Å². The van der Waals surface area contributed by atoms with E-state index in [1.807, 2.05) is 34.6 Å². The van der Waals surface area contributed by atoms with E-state index in [1.165, 1.54) is 4.90 Å². The number of amides is 1. The van der Waals surface area contributed by atoms with Crippen LogP contribution in [0.2, 0.25) is 0 Å². The molecule has 0 aliphatic rings. The lowest BCUT2D eigenvalue weighted by atomic mass is 9.96. The fourth-order valence-corrected chi connectivity index (χ4v) is 1.69. The zero-order valence-corrected chi connectivity index (χ0v) is 12.0. The molecule has 0 radical (unpaired) electrons. The lowest BCUT2D eigenvalue weighted by Crippen LogP contribution is -2.50. The van der Waals surface area contributed by atoms with Crippen LogP contribution >= 0.6 is 0 Å². The number of nitrogens with two attached hydrogens (primary N) is 1. The van der Waals surface area contributed by atoms with Crippen molar-refractivity contribution in [3.05, 3.63) is 0 Å². The first-order chi connectivity index (χ1) is 7.68. The van der Waals surface area contributed by atoms with Gasteiger partial charge in [-0.2, -0.15) is 0 Å². The Morgan fingerprint density at radius 3 is 2.06 bits per heavy atom. The predicted molar refractivity (Wildman–Crippen MR) is 70.2 cm³/mol. The van der Waals surface area contributed by atoms with Gasteiger partial charge >= 0.3 is 0 Å². The molecule has 102 valence electrons. The zero-order chi connectivity index (χ0) is 13.7. The Bertz CT molecular complexity index is 242. The second kappa shape index (κ2) is 6.97. The van der Waals surface area contributed by atoms with E-state index in [-0.39, 0.29) is 23.8 Å². The van der Waals surface area contributed by atoms with Crippen LogP contribution in [0.25, 0.3) is 0 Å². The first kappa shape index (κ1) is 16.4. The molecule has 0 fully saturated rings. The highest BCUT2D eigenvalue weighted by Crippen LogP contribution is 2.16. The molecule has 0 bridgehead atoms. The quantitative estimate of drug-likeness (QED) is 0.695. The molecular formula is C13H28N2O2. The van der Waals surface area contributed by atoms with E-state index in [1.54, 1.807) is 7.05 Å². The first-order valence-electron chi connectivity index (χ1n) is 6.38. The van der Waals surface area contributed by atoms with Gasteiger partial charge in [0.1, 0.15) is 6.23 Å². The van der Waals surface area contributed by atoms with Crippen LogP contribution in [0, 0.1) is 17.8 Å². The standard InChI is InChI=1S/C13H28N2O2/c1-8(2)7-11(14)13(17)15(6)12(16)10(5)9(3)4/h8-11,13,17H,7,14H2,1-6H3/t10-,11?,13?/m0/s1. The monoisotopic (exact) mass is 244 g/mol. The molecule has 4 nitrogen and oxygen atoms in total. The van der Waals surface area contributed by atoms with Crippen molar-refractivity contribution >= 4 is 5.91 Å². The second-order valence-corrected chi connectivity index (χ2v) is 5.69. The van der Waals surface area contributed by atoms with Gasteiger partial charge in [-0.05, 0) is 18.3 Å². The highest BCUT2D eigenvalue weighted by molar-refractivity contribution is 5.78. The van der Waals surface area contributed by atoms with Crippen LogP contribution in [0.5, 0.6) is 0 Å².